The Morgan fingerprint density at radius 3 is 2.48 bits per heavy atom. The van der Waals surface area contributed by atoms with Gasteiger partial charge in [-0.15, -0.1) is 6.58 Å². The Bertz CT molecular complexity index is 584. The number of carbonyl (C=O) groups is 3. The number of carboxylic acid groups (broad SMARTS) is 1. The van der Waals surface area contributed by atoms with Crippen LogP contribution in [0.2, 0.25) is 0 Å². The highest BCUT2D eigenvalue weighted by molar-refractivity contribution is 6.01. The number of carbonyl (C=O) groups excluding carboxylic acids is 2. The van der Waals surface area contributed by atoms with E-state index < -0.39 is 12.0 Å². The van der Waals surface area contributed by atoms with Crippen LogP contribution in [0.15, 0.2) is 30.9 Å². The number of rotatable bonds is 5. The Labute approximate surface area is 122 Å². The molecule has 0 radical (unpaired) electrons. The van der Waals surface area contributed by atoms with Gasteiger partial charge in [0.25, 0.3) is 0 Å². The second kappa shape index (κ2) is 7.09. The maximum absolute atomic E-state index is 11.7. The van der Waals surface area contributed by atoms with Gasteiger partial charge in [-0.05, 0) is 25.1 Å². The number of nitrogens with one attached hydrogen (secondary N) is 3. The smallest absolute Gasteiger partial charge is 0.337 e. The minimum absolute atomic E-state index is 0.123. The van der Waals surface area contributed by atoms with Crippen molar-refractivity contribution in [3.05, 3.63) is 36.4 Å². The van der Waals surface area contributed by atoms with E-state index in [9.17, 15) is 14.4 Å². The van der Waals surface area contributed by atoms with Crippen LogP contribution in [0.1, 0.15) is 24.2 Å². The zero-order valence-electron chi connectivity index (χ0n) is 11.8. The van der Waals surface area contributed by atoms with Crippen LogP contribution in [0.25, 0.3) is 0 Å². The Kier molecular flexibility index (Phi) is 5.48. The summed E-state index contributed by atoms with van der Waals surface area (Å²) in [7, 11) is 0. The lowest BCUT2D eigenvalue weighted by Crippen LogP contribution is -2.35. The van der Waals surface area contributed by atoms with Crippen molar-refractivity contribution < 1.29 is 19.5 Å². The molecule has 0 heterocycles. The Morgan fingerprint density at radius 2 is 1.95 bits per heavy atom. The van der Waals surface area contributed by atoms with Gasteiger partial charge in [0.2, 0.25) is 5.91 Å². The highest BCUT2D eigenvalue weighted by Crippen LogP contribution is 2.21. The van der Waals surface area contributed by atoms with Gasteiger partial charge < -0.3 is 21.1 Å². The molecule has 112 valence electrons. The van der Waals surface area contributed by atoms with Crippen LogP contribution in [-0.2, 0) is 4.79 Å². The van der Waals surface area contributed by atoms with Gasteiger partial charge in [0.15, 0.2) is 0 Å². The zero-order chi connectivity index (χ0) is 16.0. The third kappa shape index (κ3) is 4.98. The molecule has 7 nitrogen and oxygen atoms in total. The predicted octanol–water partition coefficient (Wildman–Crippen LogP) is 2.04. The zero-order valence-corrected chi connectivity index (χ0v) is 11.8. The number of urea groups is 1. The summed E-state index contributed by atoms with van der Waals surface area (Å²) in [6.45, 7) is 6.57. The first-order valence-corrected chi connectivity index (χ1v) is 6.18. The molecule has 0 saturated heterocycles. The molecule has 4 N–H and O–H groups in total. The van der Waals surface area contributed by atoms with Gasteiger partial charge in [-0.25, -0.2) is 9.59 Å². The van der Waals surface area contributed by atoms with Crippen LogP contribution in [0, 0.1) is 0 Å². The summed E-state index contributed by atoms with van der Waals surface area (Å²) < 4.78 is 0. The maximum Gasteiger partial charge on any atom is 0.337 e. The molecule has 1 atom stereocenters. The lowest BCUT2D eigenvalue weighted by Gasteiger charge is -2.13. The number of hydrogen-bond donors (Lipinski definition) is 4. The van der Waals surface area contributed by atoms with Crippen LogP contribution >= 0.6 is 0 Å². The third-order valence-corrected chi connectivity index (χ3v) is 2.53. The summed E-state index contributed by atoms with van der Waals surface area (Å²) in [6.07, 6.45) is 1.54. The lowest BCUT2D eigenvalue weighted by atomic mass is 10.1. The molecule has 1 unspecified atom stereocenters. The molecule has 1 rings (SSSR count). The van der Waals surface area contributed by atoms with Crippen LogP contribution in [0.3, 0.4) is 0 Å². The Balaban J connectivity index is 2.96. The molecule has 0 aliphatic heterocycles. The fourth-order valence-electron chi connectivity index (χ4n) is 1.54. The maximum atomic E-state index is 11.7. The lowest BCUT2D eigenvalue weighted by molar-refractivity contribution is -0.114. The van der Waals surface area contributed by atoms with E-state index in [1.54, 1.807) is 6.92 Å². The van der Waals surface area contributed by atoms with E-state index in [0.717, 1.165) is 0 Å². The van der Waals surface area contributed by atoms with Gasteiger partial charge in [0, 0.05) is 18.7 Å². The number of hydrogen-bond acceptors (Lipinski definition) is 3. The molecular formula is C14H17N3O4. The van der Waals surface area contributed by atoms with Crippen molar-refractivity contribution >= 4 is 29.3 Å². The molecule has 0 aromatic heterocycles. The second-order valence-corrected chi connectivity index (χ2v) is 4.37. The van der Waals surface area contributed by atoms with Crippen molar-refractivity contribution in [2.24, 2.45) is 0 Å². The molecule has 21 heavy (non-hydrogen) atoms. The number of amides is 3. The van der Waals surface area contributed by atoms with Crippen molar-refractivity contribution in [2.45, 2.75) is 19.9 Å². The number of benzene rings is 1. The molecule has 0 saturated carbocycles. The highest BCUT2D eigenvalue weighted by Gasteiger charge is 2.14. The van der Waals surface area contributed by atoms with Gasteiger partial charge >= 0.3 is 12.0 Å². The first kappa shape index (κ1) is 16.2. The standard InChI is InChI=1S/C14H17N3O4/c1-4-8(2)15-14(21)17-12-6-5-10(16-9(3)18)7-11(12)13(19)20/h4-8H,1H2,2-3H3,(H,16,18)(H,19,20)(H2,15,17,21). The largest absolute Gasteiger partial charge is 0.478 e. The molecular weight excluding hydrogens is 274 g/mol. The normalized spacial score (nSPS) is 11.1. The van der Waals surface area contributed by atoms with E-state index >= 15 is 0 Å². The summed E-state index contributed by atoms with van der Waals surface area (Å²) in [5.41, 5.74) is 0.346. The van der Waals surface area contributed by atoms with Crippen molar-refractivity contribution in [2.75, 3.05) is 10.6 Å². The monoisotopic (exact) mass is 291 g/mol. The minimum Gasteiger partial charge on any atom is -0.478 e. The summed E-state index contributed by atoms with van der Waals surface area (Å²) in [6, 6.07) is 3.39. The molecule has 1 aromatic carbocycles. The molecule has 7 heteroatoms. The first-order valence-electron chi connectivity index (χ1n) is 6.18. The van der Waals surface area contributed by atoms with E-state index in [4.69, 9.17) is 5.11 Å². The molecule has 0 fully saturated rings. The second-order valence-electron chi connectivity index (χ2n) is 4.37. The van der Waals surface area contributed by atoms with Crippen LogP contribution in [0.5, 0.6) is 0 Å². The fraction of sp³-hybridized carbons (Fsp3) is 0.214. The van der Waals surface area contributed by atoms with E-state index in [2.05, 4.69) is 22.5 Å². The fourth-order valence-corrected chi connectivity index (χ4v) is 1.54. The Morgan fingerprint density at radius 1 is 1.29 bits per heavy atom. The van der Waals surface area contributed by atoms with Crippen LogP contribution in [0.4, 0.5) is 16.2 Å². The molecule has 0 spiro atoms. The van der Waals surface area contributed by atoms with E-state index in [0.29, 0.717) is 5.69 Å². The van der Waals surface area contributed by atoms with E-state index in [1.807, 2.05) is 0 Å². The van der Waals surface area contributed by atoms with Gasteiger partial charge in [0.05, 0.1) is 11.3 Å². The van der Waals surface area contributed by atoms with Gasteiger partial charge in [-0.3, -0.25) is 4.79 Å². The number of carboxylic acids is 1. The van der Waals surface area contributed by atoms with E-state index in [-0.39, 0.29) is 23.2 Å². The highest BCUT2D eigenvalue weighted by atomic mass is 16.4. The Hall–Kier alpha value is -2.83. The predicted molar refractivity (Wildman–Crippen MR) is 79.5 cm³/mol. The molecule has 1 aromatic rings. The summed E-state index contributed by atoms with van der Waals surface area (Å²) >= 11 is 0. The van der Waals surface area contributed by atoms with Gasteiger partial charge in [-0.2, -0.15) is 0 Å². The third-order valence-electron chi connectivity index (χ3n) is 2.53. The van der Waals surface area contributed by atoms with Gasteiger partial charge in [-0.1, -0.05) is 6.08 Å². The molecule has 0 aliphatic carbocycles. The summed E-state index contributed by atoms with van der Waals surface area (Å²) in [5.74, 6) is -1.53. The number of anilines is 2. The van der Waals surface area contributed by atoms with Crippen molar-refractivity contribution in [3.63, 3.8) is 0 Å². The van der Waals surface area contributed by atoms with Crippen molar-refractivity contribution in [1.82, 2.24) is 5.32 Å². The SMILES string of the molecule is C=CC(C)NC(=O)Nc1ccc(NC(C)=O)cc1C(=O)O. The molecule has 0 bridgehead atoms. The van der Waals surface area contributed by atoms with Crippen molar-refractivity contribution in [3.8, 4) is 0 Å². The molecule has 0 aliphatic rings. The molecule has 3 amide bonds. The van der Waals surface area contributed by atoms with Crippen LogP contribution in [-0.4, -0.2) is 29.1 Å². The van der Waals surface area contributed by atoms with Crippen LogP contribution < -0.4 is 16.0 Å². The summed E-state index contributed by atoms with van der Waals surface area (Å²) in [4.78, 5) is 33.9. The average molecular weight is 291 g/mol. The van der Waals surface area contributed by atoms with Gasteiger partial charge in [0.1, 0.15) is 0 Å². The average Bonchev–Trinajstić information content (AvgIpc) is 2.39. The summed E-state index contributed by atoms with van der Waals surface area (Å²) in [5, 5.41) is 16.6. The quantitative estimate of drug-likeness (QED) is 0.622. The van der Waals surface area contributed by atoms with Crippen molar-refractivity contribution in [1.29, 1.82) is 0 Å². The first-order chi connectivity index (χ1) is 9.83. The topological polar surface area (TPSA) is 108 Å². The minimum atomic E-state index is -1.21. The number of aromatic carboxylic acids is 1. The van der Waals surface area contributed by atoms with E-state index in [1.165, 1.54) is 31.2 Å².